The van der Waals surface area contributed by atoms with Gasteiger partial charge in [0.2, 0.25) is 0 Å². The number of furan rings is 1. The molecule has 0 saturated carbocycles. The Kier molecular flexibility index (Phi) is 5.05. The van der Waals surface area contributed by atoms with Crippen LogP contribution < -0.4 is 10.1 Å². The monoisotopic (exact) mass is 323 g/mol. The summed E-state index contributed by atoms with van der Waals surface area (Å²) in [5.41, 5.74) is 1.21. The van der Waals surface area contributed by atoms with Gasteiger partial charge in [0.15, 0.2) is 4.67 Å². The van der Waals surface area contributed by atoms with Gasteiger partial charge in [0.05, 0.1) is 6.04 Å². The van der Waals surface area contributed by atoms with Crippen LogP contribution in [0.15, 0.2) is 45.5 Å². The van der Waals surface area contributed by atoms with E-state index >= 15 is 0 Å². The fourth-order valence-electron chi connectivity index (χ4n) is 1.81. The lowest BCUT2D eigenvalue weighted by Gasteiger charge is -2.12. The number of ether oxygens (including phenoxy) is 1. The Bertz CT molecular complexity index is 524. The maximum Gasteiger partial charge on any atom is 0.169 e. The van der Waals surface area contributed by atoms with E-state index in [1.807, 2.05) is 30.3 Å². The molecule has 0 saturated heterocycles. The smallest absolute Gasteiger partial charge is 0.169 e. The van der Waals surface area contributed by atoms with Crippen LogP contribution in [0.25, 0.3) is 0 Å². The summed E-state index contributed by atoms with van der Waals surface area (Å²) < 4.78 is 11.9. The first-order chi connectivity index (χ1) is 9.15. The van der Waals surface area contributed by atoms with Crippen molar-refractivity contribution in [1.82, 2.24) is 5.32 Å². The van der Waals surface area contributed by atoms with Gasteiger partial charge in [-0.05, 0) is 59.6 Å². The van der Waals surface area contributed by atoms with Crippen LogP contribution in [-0.2, 0) is 0 Å². The van der Waals surface area contributed by atoms with Crippen molar-refractivity contribution in [3.8, 4) is 5.75 Å². The average Bonchev–Trinajstić information content (AvgIpc) is 2.81. The van der Waals surface area contributed by atoms with Crippen LogP contribution in [0.3, 0.4) is 0 Å². The second kappa shape index (κ2) is 6.78. The van der Waals surface area contributed by atoms with E-state index in [4.69, 9.17) is 9.15 Å². The summed E-state index contributed by atoms with van der Waals surface area (Å²) in [6.45, 7) is 5.53. The molecule has 1 aromatic heterocycles. The molecule has 19 heavy (non-hydrogen) atoms. The van der Waals surface area contributed by atoms with Gasteiger partial charge in [-0.15, -0.1) is 0 Å². The van der Waals surface area contributed by atoms with Crippen molar-refractivity contribution in [2.45, 2.75) is 19.9 Å². The van der Waals surface area contributed by atoms with E-state index in [1.165, 1.54) is 5.56 Å². The van der Waals surface area contributed by atoms with Crippen molar-refractivity contribution in [3.63, 3.8) is 0 Å². The summed E-state index contributed by atoms with van der Waals surface area (Å²) in [4.78, 5) is 0. The SMILES string of the molecule is Cc1cccc(OCCNC(C)c2ccc(Br)o2)c1. The highest BCUT2D eigenvalue weighted by molar-refractivity contribution is 9.10. The third-order valence-corrected chi connectivity index (χ3v) is 3.26. The molecule has 0 amide bonds. The number of benzene rings is 1. The predicted molar refractivity (Wildman–Crippen MR) is 79.5 cm³/mol. The lowest BCUT2D eigenvalue weighted by molar-refractivity contribution is 0.301. The van der Waals surface area contributed by atoms with E-state index in [1.54, 1.807) is 0 Å². The van der Waals surface area contributed by atoms with E-state index in [-0.39, 0.29) is 6.04 Å². The van der Waals surface area contributed by atoms with Gasteiger partial charge in [0, 0.05) is 6.54 Å². The maximum absolute atomic E-state index is 5.68. The first kappa shape index (κ1) is 14.2. The minimum Gasteiger partial charge on any atom is -0.492 e. The molecular formula is C15H18BrNO2. The van der Waals surface area contributed by atoms with Crippen LogP contribution in [0.5, 0.6) is 5.75 Å². The van der Waals surface area contributed by atoms with Gasteiger partial charge in [-0.25, -0.2) is 0 Å². The topological polar surface area (TPSA) is 34.4 Å². The molecule has 0 bridgehead atoms. The average molecular weight is 324 g/mol. The Morgan fingerprint density at radius 2 is 2.16 bits per heavy atom. The Labute approximate surface area is 122 Å². The van der Waals surface area contributed by atoms with Crippen LogP contribution in [-0.4, -0.2) is 13.2 Å². The molecule has 1 atom stereocenters. The van der Waals surface area contributed by atoms with Crippen molar-refractivity contribution in [1.29, 1.82) is 0 Å². The minimum absolute atomic E-state index is 0.174. The molecule has 4 heteroatoms. The Hall–Kier alpha value is -1.26. The quantitative estimate of drug-likeness (QED) is 0.813. The van der Waals surface area contributed by atoms with Crippen molar-refractivity contribution in [2.24, 2.45) is 0 Å². The maximum atomic E-state index is 5.68. The minimum atomic E-state index is 0.174. The molecule has 3 nitrogen and oxygen atoms in total. The number of halogens is 1. The van der Waals surface area contributed by atoms with Gasteiger partial charge in [0.1, 0.15) is 18.1 Å². The largest absolute Gasteiger partial charge is 0.492 e. The summed E-state index contributed by atoms with van der Waals surface area (Å²) in [5, 5.41) is 3.36. The molecular weight excluding hydrogens is 306 g/mol. The molecule has 1 N–H and O–H groups in total. The Balaban J connectivity index is 1.72. The van der Waals surface area contributed by atoms with Crippen molar-refractivity contribution in [2.75, 3.05) is 13.2 Å². The third kappa shape index (κ3) is 4.40. The van der Waals surface area contributed by atoms with Gasteiger partial charge >= 0.3 is 0 Å². The zero-order valence-electron chi connectivity index (χ0n) is 11.2. The number of aryl methyl sites for hydroxylation is 1. The fraction of sp³-hybridized carbons (Fsp3) is 0.333. The molecule has 2 aromatic rings. The molecule has 0 aliphatic carbocycles. The molecule has 2 rings (SSSR count). The number of rotatable bonds is 6. The highest BCUT2D eigenvalue weighted by Gasteiger charge is 2.08. The molecule has 0 aliphatic rings. The fourth-order valence-corrected chi connectivity index (χ4v) is 2.13. The van der Waals surface area contributed by atoms with E-state index in [0.717, 1.165) is 22.7 Å². The van der Waals surface area contributed by atoms with Crippen molar-refractivity contribution < 1.29 is 9.15 Å². The Morgan fingerprint density at radius 1 is 1.32 bits per heavy atom. The van der Waals surface area contributed by atoms with Gasteiger partial charge in [-0.3, -0.25) is 0 Å². The van der Waals surface area contributed by atoms with Crippen LogP contribution in [0.2, 0.25) is 0 Å². The van der Waals surface area contributed by atoms with Crippen LogP contribution in [0.1, 0.15) is 24.3 Å². The molecule has 1 aromatic carbocycles. The third-order valence-electron chi connectivity index (χ3n) is 2.83. The molecule has 102 valence electrons. The lowest BCUT2D eigenvalue weighted by Crippen LogP contribution is -2.24. The highest BCUT2D eigenvalue weighted by atomic mass is 79.9. The molecule has 0 fully saturated rings. The number of hydrogen-bond donors (Lipinski definition) is 1. The second-order valence-corrected chi connectivity index (χ2v) is 5.26. The summed E-state index contributed by atoms with van der Waals surface area (Å²) in [6, 6.07) is 12.1. The summed E-state index contributed by atoms with van der Waals surface area (Å²) in [7, 11) is 0. The van der Waals surface area contributed by atoms with Gasteiger partial charge in [-0.2, -0.15) is 0 Å². The van der Waals surface area contributed by atoms with E-state index < -0.39 is 0 Å². The molecule has 1 heterocycles. The molecule has 0 radical (unpaired) electrons. The van der Waals surface area contributed by atoms with E-state index in [0.29, 0.717) is 6.61 Å². The summed E-state index contributed by atoms with van der Waals surface area (Å²) in [5.74, 6) is 1.83. The second-order valence-electron chi connectivity index (χ2n) is 4.48. The highest BCUT2D eigenvalue weighted by Crippen LogP contribution is 2.19. The van der Waals surface area contributed by atoms with Crippen molar-refractivity contribution in [3.05, 3.63) is 52.4 Å². The zero-order chi connectivity index (χ0) is 13.7. The molecule has 0 spiro atoms. The van der Waals surface area contributed by atoms with Crippen LogP contribution in [0, 0.1) is 6.92 Å². The van der Waals surface area contributed by atoms with E-state index in [2.05, 4.69) is 41.2 Å². The Morgan fingerprint density at radius 3 is 2.84 bits per heavy atom. The number of nitrogens with one attached hydrogen (secondary N) is 1. The van der Waals surface area contributed by atoms with Gasteiger partial charge in [-0.1, -0.05) is 12.1 Å². The molecule has 0 aliphatic heterocycles. The van der Waals surface area contributed by atoms with Gasteiger partial charge < -0.3 is 14.5 Å². The first-order valence-corrected chi connectivity index (χ1v) is 7.12. The predicted octanol–water partition coefficient (Wildman–Crippen LogP) is 4.08. The van der Waals surface area contributed by atoms with Crippen molar-refractivity contribution >= 4 is 15.9 Å². The normalized spacial score (nSPS) is 12.4. The number of hydrogen-bond acceptors (Lipinski definition) is 3. The van der Waals surface area contributed by atoms with E-state index in [9.17, 15) is 0 Å². The first-order valence-electron chi connectivity index (χ1n) is 6.33. The summed E-state index contributed by atoms with van der Waals surface area (Å²) >= 11 is 3.30. The zero-order valence-corrected chi connectivity index (χ0v) is 12.7. The standard InChI is InChI=1S/C15H18BrNO2/c1-11-4-3-5-13(10-11)18-9-8-17-12(2)14-6-7-15(16)19-14/h3-7,10,12,17H,8-9H2,1-2H3. The lowest BCUT2D eigenvalue weighted by atomic mass is 10.2. The summed E-state index contributed by atoms with van der Waals surface area (Å²) in [6.07, 6.45) is 0. The molecule has 1 unspecified atom stereocenters. The van der Waals surface area contributed by atoms with Gasteiger partial charge in [0.25, 0.3) is 0 Å². The van der Waals surface area contributed by atoms with Crippen LogP contribution in [0.4, 0.5) is 0 Å². The van der Waals surface area contributed by atoms with Crippen LogP contribution >= 0.6 is 15.9 Å².